The van der Waals surface area contributed by atoms with Crippen LogP contribution in [-0.4, -0.2) is 34.9 Å². The molecule has 0 radical (unpaired) electrons. The highest BCUT2D eigenvalue weighted by molar-refractivity contribution is 6.07. The molecule has 28 heavy (non-hydrogen) atoms. The Labute approximate surface area is 165 Å². The summed E-state index contributed by atoms with van der Waals surface area (Å²) in [5, 5.41) is 3.75. The summed E-state index contributed by atoms with van der Waals surface area (Å²) in [6.07, 6.45) is 2.22. The molecule has 2 aromatic rings. The first-order valence-corrected chi connectivity index (χ1v) is 9.69. The van der Waals surface area contributed by atoms with Gasteiger partial charge in [-0.05, 0) is 23.6 Å². The Morgan fingerprint density at radius 2 is 1.64 bits per heavy atom. The molecule has 2 aliphatic heterocycles. The molecule has 2 aromatic carbocycles. The summed E-state index contributed by atoms with van der Waals surface area (Å²) in [6, 6.07) is 19.4. The fraction of sp³-hybridized carbons (Fsp3) is 0.304. The molecule has 0 aliphatic carbocycles. The summed E-state index contributed by atoms with van der Waals surface area (Å²) in [5.41, 5.74) is 2.47. The van der Waals surface area contributed by atoms with Gasteiger partial charge in [0.25, 0.3) is 5.91 Å². The number of hydrogen-bond donors (Lipinski definition) is 0. The Bertz CT molecular complexity index is 908. The number of carbonyl (C=O) groups is 2. The monoisotopic (exact) mass is 375 g/mol. The molecule has 2 atom stereocenters. The number of amides is 2. The highest BCUT2D eigenvalue weighted by atomic mass is 16.2. The molecule has 0 saturated carbocycles. The van der Waals surface area contributed by atoms with Gasteiger partial charge in [-0.1, -0.05) is 62.4 Å². The van der Waals surface area contributed by atoms with Crippen molar-refractivity contribution < 1.29 is 9.59 Å². The maximum absolute atomic E-state index is 13.4. The average Bonchev–Trinajstić information content (AvgIpc) is 3.26. The number of nitrogens with zero attached hydrogens (tertiary/aromatic N) is 3. The number of likely N-dealkylation sites (N-methyl/N-ethyl adjacent to an activating group) is 1. The van der Waals surface area contributed by atoms with Gasteiger partial charge in [-0.2, -0.15) is 5.01 Å². The van der Waals surface area contributed by atoms with Gasteiger partial charge in [0.1, 0.15) is 0 Å². The third-order valence-electron chi connectivity index (χ3n) is 5.63. The molecule has 0 N–H and O–H groups in total. The first kappa shape index (κ1) is 18.4. The zero-order valence-electron chi connectivity index (χ0n) is 16.4. The Morgan fingerprint density at radius 1 is 1.04 bits per heavy atom. The summed E-state index contributed by atoms with van der Waals surface area (Å²) >= 11 is 0. The van der Waals surface area contributed by atoms with E-state index in [9.17, 15) is 9.59 Å². The van der Waals surface area contributed by atoms with Crippen LogP contribution in [0.5, 0.6) is 0 Å². The zero-order chi connectivity index (χ0) is 19.8. The molecule has 1 fully saturated rings. The maximum Gasteiger partial charge on any atom is 0.257 e. The van der Waals surface area contributed by atoms with E-state index in [0.717, 1.165) is 11.3 Å². The van der Waals surface area contributed by atoms with Crippen LogP contribution in [0.25, 0.3) is 0 Å². The largest absolute Gasteiger partial charge is 0.312 e. The topological polar surface area (TPSA) is 43.9 Å². The molecule has 144 valence electrons. The lowest BCUT2D eigenvalue weighted by atomic mass is 9.94. The Morgan fingerprint density at radius 3 is 2.25 bits per heavy atom. The van der Waals surface area contributed by atoms with Crippen LogP contribution in [0.2, 0.25) is 0 Å². The molecule has 0 unspecified atom stereocenters. The second-order valence-corrected chi connectivity index (χ2v) is 7.73. The highest BCUT2D eigenvalue weighted by Gasteiger charge is 2.49. The molecule has 2 aliphatic rings. The van der Waals surface area contributed by atoms with E-state index in [-0.39, 0.29) is 23.9 Å². The number of fused-ring (bicyclic) bond motifs is 1. The fourth-order valence-electron chi connectivity index (χ4n) is 4.10. The summed E-state index contributed by atoms with van der Waals surface area (Å²) in [4.78, 5) is 27.8. The maximum atomic E-state index is 13.4. The highest BCUT2D eigenvalue weighted by Crippen LogP contribution is 2.44. The van der Waals surface area contributed by atoms with Gasteiger partial charge in [0.05, 0.1) is 11.6 Å². The Kier molecular flexibility index (Phi) is 4.77. The van der Waals surface area contributed by atoms with Crippen molar-refractivity contribution in [2.24, 2.45) is 5.92 Å². The van der Waals surface area contributed by atoms with E-state index in [4.69, 9.17) is 0 Å². The first-order valence-electron chi connectivity index (χ1n) is 9.69. The molecule has 0 bridgehead atoms. The molecule has 0 aromatic heterocycles. The SMILES string of the molecule is CC(C)[C@H]1CC(=O)N2C=C(C(=O)N(C)c3ccccc3)[C@@H](c3ccccc3)N12. The second-order valence-electron chi connectivity index (χ2n) is 7.73. The Balaban J connectivity index is 1.76. The number of hydrogen-bond acceptors (Lipinski definition) is 3. The number of para-hydroxylation sites is 1. The smallest absolute Gasteiger partial charge is 0.257 e. The van der Waals surface area contributed by atoms with E-state index in [1.165, 1.54) is 0 Å². The Hall–Kier alpha value is -2.92. The zero-order valence-corrected chi connectivity index (χ0v) is 16.4. The number of benzene rings is 2. The fourth-order valence-corrected chi connectivity index (χ4v) is 4.10. The van der Waals surface area contributed by atoms with Crippen LogP contribution in [0.15, 0.2) is 72.4 Å². The lowest BCUT2D eigenvalue weighted by Gasteiger charge is -2.34. The van der Waals surface area contributed by atoms with Gasteiger partial charge in [0.2, 0.25) is 5.91 Å². The van der Waals surface area contributed by atoms with Crippen LogP contribution in [0, 0.1) is 5.92 Å². The van der Waals surface area contributed by atoms with Crippen molar-refractivity contribution in [2.45, 2.75) is 32.4 Å². The lowest BCUT2D eigenvalue weighted by Crippen LogP contribution is -2.41. The lowest BCUT2D eigenvalue weighted by molar-refractivity contribution is -0.133. The van der Waals surface area contributed by atoms with Crippen LogP contribution in [0.1, 0.15) is 31.9 Å². The van der Waals surface area contributed by atoms with E-state index in [0.29, 0.717) is 17.9 Å². The van der Waals surface area contributed by atoms with Crippen molar-refractivity contribution >= 4 is 17.5 Å². The van der Waals surface area contributed by atoms with Crippen molar-refractivity contribution in [1.82, 2.24) is 10.0 Å². The summed E-state index contributed by atoms with van der Waals surface area (Å²) < 4.78 is 0. The minimum absolute atomic E-state index is 0.0461. The predicted octanol–water partition coefficient (Wildman–Crippen LogP) is 3.76. The van der Waals surface area contributed by atoms with Gasteiger partial charge in [0.15, 0.2) is 0 Å². The molecule has 5 heteroatoms. The van der Waals surface area contributed by atoms with Crippen LogP contribution >= 0.6 is 0 Å². The van der Waals surface area contributed by atoms with Gasteiger partial charge in [-0.3, -0.25) is 9.59 Å². The summed E-state index contributed by atoms with van der Waals surface area (Å²) in [6.45, 7) is 4.25. The van der Waals surface area contributed by atoms with Crippen molar-refractivity contribution in [1.29, 1.82) is 0 Å². The first-order chi connectivity index (χ1) is 13.5. The minimum Gasteiger partial charge on any atom is -0.312 e. The van der Waals surface area contributed by atoms with Gasteiger partial charge in [-0.25, -0.2) is 5.01 Å². The third kappa shape index (κ3) is 3.02. The van der Waals surface area contributed by atoms with E-state index in [2.05, 4.69) is 18.9 Å². The molecule has 1 saturated heterocycles. The van der Waals surface area contributed by atoms with Crippen molar-refractivity contribution in [3.63, 3.8) is 0 Å². The number of anilines is 1. The summed E-state index contributed by atoms with van der Waals surface area (Å²) in [5.74, 6) is 0.254. The van der Waals surface area contributed by atoms with E-state index in [1.807, 2.05) is 60.7 Å². The van der Waals surface area contributed by atoms with E-state index < -0.39 is 0 Å². The second kappa shape index (κ2) is 7.24. The predicted molar refractivity (Wildman–Crippen MR) is 109 cm³/mol. The van der Waals surface area contributed by atoms with Gasteiger partial charge >= 0.3 is 0 Å². The van der Waals surface area contributed by atoms with Crippen LogP contribution in [0.4, 0.5) is 5.69 Å². The molecular formula is C23H25N3O2. The van der Waals surface area contributed by atoms with E-state index >= 15 is 0 Å². The van der Waals surface area contributed by atoms with Gasteiger partial charge in [0, 0.05) is 31.4 Å². The van der Waals surface area contributed by atoms with Crippen LogP contribution in [-0.2, 0) is 9.59 Å². The van der Waals surface area contributed by atoms with Gasteiger partial charge in [-0.15, -0.1) is 0 Å². The molecule has 2 heterocycles. The molecular weight excluding hydrogens is 350 g/mol. The normalized spacial score (nSPS) is 21.8. The molecule has 2 amide bonds. The van der Waals surface area contributed by atoms with E-state index in [1.54, 1.807) is 23.2 Å². The van der Waals surface area contributed by atoms with Gasteiger partial charge < -0.3 is 4.90 Å². The average molecular weight is 375 g/mol. The molecule has 4 rings (SSSR count). The minimum atomic E-state index is -0.265. The third-order valence-corrected chi connectivity index (χ3v) is 5.63. The number of hydrazine groups is 1. The van der Waals surface area contributed by atoms with Crippen LogP contribution in [0.3, 0.4) is 0 Å². The van der Waals surface area contributed by atoms with Crippen molar-refractivity contribution in [3.05, 3.63) is 78.0 Å². The molecule has 5 nitrogen and oxygen atoms in total. The van der Waals surface area contributed by atoms with Crippen LogP contribution < -0.4 is 4.90 Å². The molecule has 0 spiro atoms. The summed E-state index contributed by atoms with van der Waals surface area (Å²) in [7, 11) is 1.78. The van der Waals surface area contributed by atoms with Crippen molar-refractivity contribution in [3.8, 4) is 0 Å². The standard InChI is InChI=1S/C23H25N3O2/c1-16(2)20-14-21(27)25-15-19(22(26(20)25)17-10-6-4-7-11-17)23(28)24(3)18-12-8-5-9-13-18/h4-13,15-16,20,22H,14H2,1-3H3/t20-,22-/m1/s1. The number of carbonyl (C=O) groups excluding carboxylic acids is 2. The number of rotatable bonds is 4. The quantitative estimate of drug-likeness (QED) is 0.817. The van der Waals surface area contributed by atoms with Crippen molar-refractivity contribution in [2.75, 3.05) is 11.9 Å².